The number of hydrogen-bond acceptors (Lipinski definition) is 7. The van der Waals surface area contributed by atoms with Crippen molar-refractivity contribution < 1.29 is 27.6 Å². The summed E-state index contributed by atoms with van der Waals surface area (Å²) in [5.41, 5.74) is 0.523. The number of nitrogens with zero attached hydrogens (tertiary/aromatic N) is 5. The largest absolute Gasteiger partial charge is 0.489 e. The summed E-state index contributed by atoms with van der Waals surface area (Å²) in [6, 6.07) is 13.2. The maximum absolute atomic E-state index is 12.7. The lowest BCUT2D eigenvalue weighted by Gasteiger charge is -2.35. The predicted octanol–water partition coefficient (Wildman–Crippen LogP) is 4.88. The first-order valence-corrected chi connectivity index (χ1v) is 12.5. The second-order valence-corrected chi connectivity index (χ2v) is 9.91. The molecule has 9 nitrogen and oxygen atoms in total. The minimum absolute atomic E-state index is 0.220. The molecule has 12 heteroatoms. The van der Waals surface area contributed by atoms with Crippen LogP contribution in [0.5, 0.6) is 11.8 Å². The minimum atomic E-state index is -4.32. The molecule has 0 radical (unpaired) electrons. The molecule has 39 heavy (non-hydrogen) atoms. The van der Waals surface area contributed by atoms with Crippen molar-refractivity contribution in [1.29, 1.82) is 0 Å². The fourth-order valence-electron chi connectivity index (χ4n) is 4.66. The van der Waals surface area contributed by atoms with Gasteiger partial charge in [0.25, 0.3) is 0 Å². The number of fused-ring (bicyclic) bond motifs is 1. The molecule has 1 aromatic heterocycles. The molecular formula is C27H28F3N5O4. The number of ether oxygens (including phenoxy) is 2. The van der Waals surface area contributed by atoms with Gasteiger partial charge in [0, 0.05) is 43.4 Å². The lowest BCUT2D eigenvalue weighted by Crippen LogP contribution is -2.46. The Morgan fingerprint density at radius 3 is 2.41 bits per heavy atom. The van der Waals surface area contributed by atoms with E-state index in [9.17, 15) is 23.3 Å². The Kier molecular flexibility index (Phi) is 7.21. The van der Waals surface area contributed by atoms with Crippen molar-refractivity contribution in [2.45, 2.75) is 25.2 Å². The second kappa shape index (κ2) is 10.6. The highest BCUT2D eigenvalue weighted by Gasteiger charge is 2.41. The molecule has 1 saturated heterocycles. The van der Waals surface area contributed by atoms with Crippen LogP contribution >= 0.6 is 0 Å². The zero-order valence-corrected chi connectivity index (χ0v) is 21.3. The topological polar surface area (TPSA) is 85.9 Å². The van der Waals surface area contributed by atoms with E-state index >= 15 is 0 Å². The van der Waals surface area contributed by atoms with Crippen LogP contribution in [-0.4, -0.2) is 64.3 Å². The predicted molar refractivity (Wildman–Crippen MR) is 139 cm³/mol. The van der Waals surface area contributed by atoms with Gasteiger partial charge in [0.2, 0.25) is 0 Å². The van der Waals surface area contributed by atoms with Gasteiger partial charge in [-0.15, -0.1) is 0 Å². The molecule has 206 valence electrons. The van der Waals surface area contributed by atoms with E-state index in [-0.39, 0.29) is 18.4 Å². The summed E-state index contributed by atoms with van der Waals surface area (Å²) in [5, 5.41) is 10.9. The van der Waals surface area contributed by atoms with Crippen LogP contribution < -0.4 is 14.4 Å². The molecule has 0 amide bonds. The number of piperazine rings is 1. The van der Waals surface area contributed by atoms with Gasteiger partial charge in [-0.25, -0.2) is 0 Å². The van der Waals surface area contributed by atoms with E-state index in [1.54, 1.807) is 4.57 Å². The van der Waals surface area contributed by atoms with Crippen LogP contribution in [0.3, 0.4) is 0 Å². The lowest BCUT2D eigenvalue weighted by molar-refractivity contribution is -0.389. The van der Waals surface area contributed by atoms with Crippen LogP contribution in [-0.2, 0) is 12.7 Å². The number of hydrogen-bond donors (Lipinski definition) is 0. The Labute approximate surface area is 223 Å². The molecule has 5 rings (SSSR count). The standard InChI is InChI=1S/C27H28F3N5O4/c1-26(18-34-17-24(35(36)37)31-25(34)39-26)19-38-23-10-8-22(9-11-23)33-15-13-32(14-16-33)12-2-3-20-4-6-21(7-5-20)27(28,29)30/h2-11,17H,12-16,18-19H2,1H3. The van der Waals surface area contributed by atoms with E-state index in [4.69, 9.17) is 9.47 Å². The Morgan fingerprint density at radius 1 is 1.10 bits per heavy atom. The van der Waals surface area contributed by atoms with Crippen molar-refractivity contribution in [1.82, 2.24) is 14.5 Å². The van der Waals surface area contributed by atoms with E-state index in [0.717, 1.165) is 56.1 Å². The Hall–Kier alpha value is -4.06. The van der Waals surface area contributed by atoms with Crippen molar-refractivity contribution in [2.75, 3.05) is 44.2 Å². The number of alkyl halides is 3. The maximum Gasteiger partial charge on any atom is 0.416 e. The van der Waals surface area contributed by atoms with Gasteiger partial charge in [0.05, 0.1) is 12.1 Å². The van der Waals surface area contributed by atoms with E-state index in [2.05, 4.69) is 14.8 Å². The molecule has 0 bridgehead atoms. The van der Waals surface area contributed by atoms with Crippen LogP contribution in [0, 0.1) is 10.1 Å². The normalized spacial score (nSPS) is 19.7. The van der Waals surface area contributed by atoms with Gasteiger partial charge in [0.15, 0.2) is 5.60 Å². The quantitative estimate of drug-likeness (QED) is 0.296. The smallest absolute Gasteiger partial charge is 0.416 e. The summed E-state index contributed by atoms with van der Waals surface area (Å²) in [7, 11) is 0. The number of anilines is 1. The van der Waals surface area contributed by atoms with Crippen molar-refractivity contribution in [3.05, 3.63) is 82.0 Å². The third kappa shape index (κ3) is 6.33. The third-order valence-electron chi connectivity index (χ3n) is 6.79. The van der Waals surface area contributed by atoms with Crippen molar-refractivity contribution >= 4 is 17.6 Å². The highest BCUT2D eigenvalue weighted by molar-refractivity contribution is 5.51. The highest BCUT2D eigenvalue weighted by Crippen LogP contribution is 2.32. The molecule has 0 spiro atoms. The van der Waals surface area contributed by atoms with Crippen LogP contribution in [0.1, 0.15) is 18.1 Å². The molecule has 0 aliphatic carbocycles. The van der Waals surface area contributed by atoms with Gasteiger partial charge in [-0.3, -0.25) is 9.47 Å². The number of aromatic nitrogens is 2. The number of halogens is 3. The van der Waals surface area contributed by atoms with Gasteiger partial charge in [0.1, 0.15) is 18.6 Å². The molecular weight excluding hydrogens is 515 g/mol. The SMILES string of the molecule is CC1(COc2ccc(N3CCN(CC=Cc4ccc(C(F)(F)F)cc4)CC3)cc2)Cn2cc([N+](=O)[O-])nc2O1. The first-order valence-electron chi connectivity index (χ1n) is 12.5. The van der Waals surface area contributed by atoms with Crippen LogP contribution in [0.2, 0.25) is 0 Å². The van der Waals surface area contributed by atoms with Gasteiger partial charge in [-0.05, 0) is 53.8 Å². The summed E-state index contributed by atoms with van der Waals surface area (Å²) in [6.45, 7) is 6.75. The number of benzene rings is 2. The van der Waals surface area contributed by atoms with Crippen molar-refractivity contribution in [3.63, 3.8) is 0 Å². The summed E-state index contributed by atoms with van der Waals surface area (Å²) in [5.74, 6) is 0.463. The molecule has 2 aliphatic heterocycles. The van der Waals surface area contributed by atoms with E-state index < -0.39 is 22.3 Å². The van der Waals surface area contributed by atoms with Gasteiger partial charge >= 0.3 is 18.0 Å². The lowest BCUT2D eigenvalue weighted by atomic mass is 10.1. The monoisotopic (exact) mass is 543 g/mol. The van der Waals surface area contributed by atoms with E-state index in [0.29, 0.717) is 12.3 Å². The number of imidazole rings is 1. The Bertz CT molecular complexity index is 1310. The van der Waals surface area contributed by atoms with Crippen LogP contribution in [0.4, 0.5) is 24.7 Å². The summed E-state index contributed by atoms with van der Waals surface area (Å²) < 4.78 is 51.5. The first kappa shape index (κ1) is 26.5. The van der Waals surface area contributed by atoms with Crippen molar-refractivity contribution in [3.8, 4) is 11.8 Å². The first-order chi connectivity index (χ1) is 18.6. The molecule has 1 atom stereocenters. The number of rotatable bonds is 8. The third-order valence-corrected chi connectivity index (χ3v) is 6.79. The van der Waals surface area contributed by atoms with Crippen molar-refractivity contribution in [2.24, 2.45) is 0 Å². The fourth-order valence-corrected chi connectivity index (χ4v) is 4.66. The van der Waals surface area contributed by atoms with E-state index in [1.165, 1.54) is 18.3 Å². The second-order valence-electron chi connectivity index (χ2n) is 9.91. The highest BCUT2D eigenvalue weighted by atomic mass is 19.4. The molecule has 0 saturated carbocycles. The zero-order chi connectivity index (χ0) is 27.6. The summed E-state index contributed by atoms with van der Waals surface area (Å²) >= 11 is 0. The average molecular weight is 544 g/mol. The van der Waals surface area contributed by atoms with Gasteiger partial charge in [-0.1, -0.05) is 24.3 Å². The summed E-state index contributed by atoms with van der Waals surface area (Å²) in [6.07, 6.45) is 0.872. The number of nitro groups is 1. The van der Waals surface area contributed by atoms with Gasteiger partial charge < -0.3 is 24.5 Å². The molecule has 0 N–H and O–H groups in total. The zero-order valence-electron chi connectivity index (χ0n) is 21.3. The van der Waals surface area contributed by atoms with E-state index in [1.807, 2.05) is 43.3 Å². The summed E-state index contributed by atoms with van der Waals surface area (Å²) in [4.78, 5) is 18.8. The minimum Gasteiger partial charge on any atom is -0.489 e. The molecule has 2 aliphatic rings. The van der Waals surface area contributed by atoms with Crippen LogP contribution in [0.15, 0.2) is 60.8 Å². The molecule has 1 fully saturated rings. The van der Waals surface area contributed by atoms with Crippen LogP contribution in [0.25, 0.3) is 6.08 Å². The average Bonchev–Trinajstić information content (AvgIpc) is 3.44. The Balaban J connectivity index is 1.05. The molecule has 3 heterocycles. The van der Waals surface area contributed by atoms with Gasteiger partial charge in [-0.2, -0.15) is 13.2 Å². The maximum atomic E-state index is 12.7. The molecule has 2 aromatic carbocycles. The molecule has 1 unspecified atom stereocenters. The Morgan fingerprint density at radius 2 is 1.79 bits per heavy atom. The fraction of sp³-hybridized carbons (Fsp3) is 0.370. The molecule has 3 aromatic rings.